The quantitative estimate of drug-likeness (QED) is 0.665. The fourth-order valence-corrected chi connectivity index (χ4v) is 3.16. The monoisotopic (exact) mass is 375 g/mol. The Morgan fingerprint density at radius 1 is 1.12 bits per heavy atom. The summed E-state index contributed by atoms with van der Waals surface area (Å²) < 4.78 is 36.5. The van der Waals surface area contributed by atoms with Gasteiger partial charge in [0.2, 0.25) is 5.91 Å². The molecule has 0 aliphatic rings. The van der Waals surface area contributed by atoms with Crippen LogP contribution in [-0.4, -0.2) is 24.8 Å². The molecule has 0 aliphatic carbocycles. The van der Waals surface area contributed by atoms with E-state index < -0.39 is 26.9 Å². The highest BCUT2D eigenvalue weighted by Gasteiger charge is 2.15. The minimum atomic E-state index is -4.86. The Balaban J connectivity index is 1.85. The molecule has 9 heteroatoms. The molecule has 7 nitrogen and oxygen atoms in total. The van der Waals surface area contributed by atoms with Gasteiger partial charge in [0.15, 0.2) is 0 Å². The number of nitrogens with zero attached hydrogens (tertiary/aromatic N) is 1. The van der Waals surface area contributed by atoms with Crippen molar-refractivity contribution in [2.75, 3.05) is 5.32 Å². The molecule has 0 atom stereocenters. The summed E-state index contributed by atoms with van der Waals surface area (Å²) >= 11 is 0. The van der Waals surface area contributed by atoms with Crippen molar-refractivity contribution in [1.29, 1.82) is 0 Å². The van der Waals surface area contributed by atoms with Gasteiger partial charge in [-0.1, -0.05) is 24.3 Å². The highest BCUT2D eigenvalue weighted by Crippen LogP contribution is 2.21. The maximum atomic E-state index is 13.1. The van der Waals surface area contributed by atoms with Crippen LogP contribution in [0, 0.1) is 0 Å². The summed E-state index contributed by atoms with van der Waals surface area (Å²) in [5.41, 5.74) is 6.44. The van der Waals surface area contributed by atoms with Crippen molar-refractivity contribution in [1.82, 2.24) is 4.57 Å². The number of fused-ring (bicyclic) bond motifs is 1. The standard InChI is InChI=1S/C17H14FN3O4S/c18-26(24,25)12-5-3-4-11(8-12)20-16(22)10-21-9-14(17(19)23)13-6-1-2-7-15(13)21/h1-9H,10H2,(H2,19,23)(H,20,22). The van der Waals surface area contributed by atoms with Crippen molar-refractivity contribution in [3.05, 3.63) is 60.3 Å². The molecule has 0 unspecified atom stereocenters. The van der Waals surface area contributed by atoms with Gasteiger partial charge >= 0.3 is 10.2 Å². The van der Waals surface area contributed by atoms with E-state index in [4.69, 9.17) is 5.73 Å². The van der Waals surface area contributed by atoms with Gasteiger partial charge in [-0.25, -0.2) is 0 Å². The molecule has 3 rings (SSSR count). The number of hydrogen-bond donors (Lipinski definition) is 2. The van der Waals surface area contributed by atoms with Crippen LogP contribution in [0.25, 0.3) is 10.9 Å². The number of anilines is 1. The summed E-state index contributed by atoms with van der Waals surface area (Å²) in [5, 5.41) is 3.12. The van der Waals surface area contributed by atoms with Crippen LogP contribution in [0.2, 0.25) is 0 Å². The Morgan fingerprint density at radius 3 is 2.54 bits per heavy atom. The molecule has 0 saturated carbocycles. The highest BCUT2D eigenvalue weighted by atomic mass is 32.3. The van der Waals surface area contributed by atoms with E-state index in [0.29, 0.717) is 16.5 Å². The molecule has 0 radical (unpaired) electrons. The van der Waals surface area contributed by atoms with Crippen molar-refractivity contribution in [3.63, 3.8) is 0 Å². The molecule has 2 amide bonds. The second-order valence-electron chi connectivity index (χ2n) is 5.57. The van der Waals surface area contributed by atoms with Crippen molar-refractivity contribution in [2.45, 2.75) is 11.4 Å². The van der Waals surface area contributed by atoms with Gasteiger partial charge in [-0.2, -0.15) is 8.42 Å². The van der Waals surface area contributed by atoms with E-state index in [1.165, 1.54) is 18.3 Å². The summed E-state index contributed by atoms with van der Waals surface area (Å²) in [4.78, 5) is 23.3. The predicted molar refractivity (Wildman–Crippen MR) is 93.8 cm³/mol. The molecule has 1 heterocycles. The minimum Gasteiger partial charge on any atom is -0.366 e. The van der Waals surface area contributed by atoms with Crippen LogP contribution in [-0.2, 0) is 21.6 Å². The molecule has 26 heavy (non-hydrogen) atoms. The van der Waals surface area contributed by atoms with Gasteiger partial charge in [-0.3, -0.25) is 9.59 Å². The van der Waals surface area contributed by atoms with Gasteiger partial charge in [0, 0.05) is 22.8 Å². The lowest BCUT2D eigenvalue weighted by molar-refractivity contribution is -0.116. The third-order valence-corrected chi connectivity index (χ3v) is 4.58. The molecule has 3 N–H and O–H groups in total. The highest BCUT2D eigenvalue weighted by molar-refractivity contribution is 7.86. The smallest absolute Gasteiger partial charge is 0.332 e. The summed E-state index contributed by atoms with van der Waals surface area (Å²) in [7, 11) is -4.86. The number of benzene rings is 2. The van der Waals surface area contributed by atoms with Crippen molar-refractivity contribution in [3.8, 4) is 0 Å². The first-order valence-corrected chi connectivity index (χ1v) is 8.86. The number of amides is 2. The molecule has 0 bridgehead atoms. The average Bonchev–Trinajstić information content (AvgIpc) is 2.93. The van der Waals surface area contributed by atoms with Crippen LogP contribution in [0.1, 0.15) is 10.4 Å². The van der Waals surface area contributed by atoms with Crippen molar-refractivity contribution < 1.29 is 21.9 Å². The number of para-hydroxylation sites is 1. The number of carbonyl (C=O) groups is 2. The first-order chi connectivity index (χ1) is 12.3. The molecule has 0 aliphatic heterocycles. The van der Waals surface area contributed by atoms with Crippen molar-refractivity contribution >= 4 is 38.6 Å². The second kappa shape index (κ2) is 6.60. The summed E-state index contributed by atoms with van der Waals surface area (Å²) in [6, 6.07) is 11.8. The first-order valence-electron chi connectivity index (χ1n) is 7.48. The van der Waals surface area contributed by atoms with Crippen LogP contribution in [0.3, 0.4) is 0 Å². The molecule has 0 spiro atoms. The number of halogens is 1. The molecule has 134 valence electrons. The lowest BCUT2D eigenvalue weighted by Gasteiger charge is -2.08. The molecule has 0 saturated heterocycles. The number of rotatable bonds is 5. The van der Waals surface area contributed by atoms with E-state index >= 15 is 0 Å². The molecule has 2 aromatic carbocycles. The van der Waals surface area contributed by atoms with Gasteiger partial charge in [-0.15, -0.1) is 3.89 Å². The van der Waals surface area contributed by atoms with Gasteiger partial charge in [-0.05, 0) is 24.3 Å². The van der Waals surface area contributed by atoms with Crippen LogP contribution in [0.5, 0.6) is 0 Å². The lowest BCUT2D eigenvalue weighted by Crippen LogP contribution is -2.18. The number of primary amides is 1. The molecular formula is C17H14FN3O4S. The Hall–Kier alpha value is -3.20. The number of nitrogens with two attached hydrogens (primary N) is 1. The number of hydrogen-bond acceptors (Lipinski definition) is 4. The maximum absolute atomic E-state index is 13.1. The fourth-order valence-electron chi connectivity index (χ4n) is 2.65. The van der Waals surface area contributed by atoms with E-state index in [-0.39, 0.29) is 12.2 Å². The maximum Gasteiger partial charge on any atom is 0.332 e. The number of nitrogens with one attached hydrogen (secondary N) is 1. The zero-order valence-electron chi connectivity index (χ0n) is 13.3. The number of carbonyl (C=O) groups excluding carboxylic acids is 2. The average molecular weight is 375 g/mol. The molecular weight excluding hydrogens is 361 g/mol. The summed E-state index contributed by atoms with van der Waals surface area (Å²) in [6.07, 6.45) is 1.48. The summed E-state index contributed by atoms with van der Waals surface area (Å²) in [5.74, 6) is -1.09. The van der Waals surface area contributed by atoms with Gasteiger partial charge in [0.05, 0.1) is 5.56 Å². The van der Waals surface area contributed by atoms with E-state index in [1.54, 1.807) is 28.8 Å². The van der Waals surface area contributed by atoms with Gasteiger partial charge in [0.25, 0.3) is 5.91 Å². The third kappa shape index (κ3) is 3.57. The van der Waals surface area contributed by atoms with E-state index in [9.17, 15) is 21.9 Å². The van der Waals surface area contributed by atoms with Crippen LogP contribution >= 0.6 is 0 Å². The third-order valence-electron chi connectivity index (χ3n) is 3.77. The van der Waals surface area contributed by atoms with Gasteiger partial charge < -0.3 is 15.6 Å². The van der Waals surface area contributed by atoms with Crippen LogP contribution in [0.15, 0.2) is 59.6 Å². The molecule has 1 aromatic heterocycles. The predicted octanol–water partition coefficient (Wildman–Crippen LogP) is 2.04. The van der Waals surface area contributed by atoms with E-state index in [0.717, 1.165) is 12.1 Å². The van der Waals surface area contributed by atoms with Crippen LogP contribution < -0.4 is 11.1 Å². The lowest BCUT2D eigenvalue weighted by atomic mass is 10.2. The zero-order chi connectivity index (χ0) is 18.9. The SMILES string of the molecule is NC(=O)c1cn(CC(=O)Nc2cccc(S(=O)(=O)F)c2)c2ccccc12. The van der Waals surface area contributed by atoms with E-state index in [2.05, 4.69) is 5.32 Å². The van der Waals surface area contributed by atoms with Crippen molar-refractivity contribution in [2.24, 2.45) is 5.73 Å². The Morgan fingerprint density at radius 2 is 1.85 bits per heavy atom. The Kier molecular flexibility index (Phi) is 4.47. The van der Waals surface area contributed by atoms with E-state index in [1.807, 2.05) is 0 Å². The summed E-state index contributed by atoms with van der Waals surface area (Å²) in [6.45, 7) is -0.138. The zero-order valence-corrected chi connectivity index (χ0v) is 14.2. The molecule has 0 fully saturated rings. The molecule has 3 aromatic rings. The topological polar surface area (TPSA) is 111 Å². The Labute approximate surface area is 148 Å². The fraction of sp³-hybridized carbons (Fsp3) is 0.0588. The largest absolute Gasteiger partial charge is 0.366 e. The Bertz CT molecular complexity index is 1120. The normalized spacial score (nSPS) is 11.4. The second-order valence-corrected chi connectivity index (χ2v) is 6.91. The van der Waals surface area contributed by atoms with Crippen LogP contribution in [0.4, 0.5) is 9.57 Å². The van der Waals surface area contributed by atoms with Gasteiger partial charge in [0.1, 0.15) is 11.4 Å². The minimum absolute atomic E-state index is 0.138. The number of aromatic nitrogens is 1. The first kappa shape index (κ1) is 17.6.